The van der Waals surface area contributed by atoms with Gasteiger partial charge < -0.3 is 4.90 Å². The summed E-state index contributed by atoms with van der Waals surface area (Å²) in [7, 11) is 0. The topological polar surface area (TPSA) is 69.9 Å². The predicted octanol–water partition coefficient (Wildman–Crippen LogP) is 1.75. The number of hydrogen-bond acceptors (Lipinski definition) is 4. The second-order valence-corrected chi connectivity index (χ2v) is 4.60. The van der Waals surface area contributed by atoms with Crippen LogP contribution in [0.15, 0.2) is 12.4 Å². The third-order valence-corrected chi connectivity index (χ3v) is 3.20. The van der Waals surface area contributed by atoms with Crippen molar-refractivity contribution in [3.05, 3.63) is 23.2 Å². The molecule has 18 heavy (non-hydrogen) atoms. The molecule has 0 N–H and O–H groups in total. The van der Waals surface area contributed by atoms with E-state index in [1.54, 1.807) is 4.90 Å². The number of nitriles is 1. The maximum absolute atomic E-state index is 12.2. The maximum Gasteiger partial charge on any atom is 0.246 e. The largest absolute Gasteiger partial charge is 0.341 e. The molecule has 6 heteroatoms. The van der Waals surface area contributed by atoms with Gasteiger partial charge >= 0.3 is 0 Å². The van der Waals surface area contributed by atoms with Crippen molar-refractivity contribution in [3.8, 4) is 6.07 Å². The highest BCUT2D eigenvalue weighted by atomic mass is 35.5. The number of halogens is 1. The van der Waals surface area contributed by atoms with Gasteiger partial charge in [0.05, 0.1) is 11.8 Å². The van der Waals surface area contributed by atoms with Gasteiger partial charge in [-0.3, -0.25) is 4.79 Å². The molecule has 0 unspecified atom stereocenters. The molecule has 1 aromatic rings. The molecule has 0 aromatic carbocycles. The normalized spacial score (nSPS) is 17.0. The van der Waals surface area contributed by atoms with Gasteiger partial charge in [0.1, 0.15) is 11.5 Å². The van der Waals surface area contributed by atoms with E-state index in [4.69, 9.17) is 11.6 Å². The van der Waals surface area contributed by atoms with Crippen LogP contribution < -0.4 is 0 Å². The predicted molar refractivity (Wildman–Crippen MR) is 65.8 cm³/mol. The molecular formula is C12H13ClN4O. The highest BCUT2D eigenvalue weighted by Crippen LogP contribution is 2.20. The van der Waals surface area contributed by atoms with Gasteiger partial charge in [-0.25, -0.2) is 9.97 Å². The Labute approximate surface area is 110 Å². The van der Waals surface area contributed by atoms with Gasteiger partial charge in [-0.15, -0.1) is 0 Å². The summed E-state index contributed by atoms with van der Waals surface area (Å²) in [5, 5.41) is 9.41. The molecule has 1 amide bonds. The van der Waals surface area contributed by atoms with Crippen molar-refractivity contribution in [2.24, 2.45) is 0 Å². The molecule has 0 radical (unpaired) electrons. The molecule has 1 aromatic heterocycles. The van der Waals surface area contributed by atoms with Crippen molar-refractivity contribution < 1.29 is 4.79 Å². The average Bonchev–Trinajstić information content (AvgIpc) is 2.40. The Kier molecular flexibility index (Phi) is 4.11. The lowest BCUT2D eigenvalue weighted by Gasteiger charge is -2.28. The third kappa shape index (κ3) is 2.77. The summed E-state index contributed by atoms with van der Waals surface area (Å²) in [6.07, 6.45) is 4.40. The first-order chi connectivity index (χ1) is 8.72. The fourth-order valence-electron chi connectivity index (χ4n) is 2.05. The Bertz CT molecular complexity index is 479. The van der Waals surface area contributed by atoms with Gasteiger partial charge in [0.25, 0.3) is 0 Å². The van der Waals surface area contributed by atoms with Gasteiger partial charge in [0, 0.05) is 13.1 Å². The number of piperidine rings is 1. The highest BCUT2D eigenvalue weighted by molar-refractivity contribution is 6.29. The highest BCUT2D eigenvalue weighted by Gasteiger charge is 2.28. The average molecular weight is 265 g/mol. The van der Waals surface area contributed by atoms with E-state index in [2.05, 4.69) is 9.97 Å². The van der Waals surface area contributed by atoms with Crippen molar-refractivity contribution in [2.45, 2.75) is 25.2 Å². The third-order valence-electron chi connectivity index (χ3n) is 2.99. The molecule has 0 bridgehead atoms. The number of nitrogens with zero attached hydrogens (tertiary/aromatic N) is 4. The SMILES string of the molecule is N#C[C@H](C(=O)N1CCCCC1)c1cc(Cl)ncn1. The van der Waals surface area contributed by atoms with E-state index in [0.717, 1.165) is 32.4 Å². The molecule has 0 saturated carbocycles. The van der Waals surface area contributed by atoms with Gasteiger partial charge in [0.2, 0.25) is 5.91 Å². The fraction of sp³-hybridized carbons (Fsp3) is 0.500. The first-order valence-corrected chi connectivity index (χ1v) is 6.26. The lowest BCUT2D eigenvalue weighted by atomic mass is 10.0. The quantitative estimate of drug-likeness (QED) is 0.763. The van der Waals surface area contributed by atoms with Crippen LogP contribution in [0.5, 0.6) is 0 Å². The Hall–Kier alpha value is -1.67. The molecule has 5 nitrogen and oxygen atoms in total. The van der Waals surface area contributed by atoms with Crippen LogP contribution in [-0.4, -0.2) is 33.9 Å². The van der Waals surface area contributed by atoms with E-state index in [1.165, 1.54) is 12.4 Å². The van der Waals surface area contributed by atoms with Crippen LogP contribution in [0, 0.1) is 11.3 Å². The summed E-state index contributed by atoms with van der Waals surface area (Å²) < 4.78 is 0. The van der Waals surface area contributed by atoms with Crippen LogP contribution in [0.25, 0.3) is 0 Å². The van der Waals surface area contributed by atoms with Crippen molar-refractivity contribution in [1.29, 1.82) is 5.26 Å². The lowest BCUT2D eigenvalue weighted by molar-refractivity contribution is -0.132. The summed E-state index contributed by atoms with van der Waals surface area (Å²) in [5.41, 5.74) is 0.369. The lowest BCUT2D eigenvalue weighted by Crippen LogP contribution is -2.38. The number of amides is 1. The Morgan fingerprint density at radius 2 is 2.11 bits per heavy atom. The number of rotatable bonds is 2. The van der Waals surface area contributed by atoms with Crippen LogP contribution in [0.4, 0.5) is 0 Å². The second kappa shape index (κ2) is 5.78. The summed E-state index contributed by atoms with van der Waals surface area (Å²) in [6.45, 7) is 1.44. The van der Waals surface area contributed by atoms with E-state index in [0.29, 0.717) is 5.69 Å². The smallest absolute Gasteiger partial charge is 0.246 e. The summed E-state index contributed by atoms with van der Waals surface area (Å²) >= 11 is 5.75. The fourth-order valence-corrected chi connectivity index (χ4v) is 2.21. The number of carbonyl (C=O) groups is 1. The molecule has 94 valence electrons. The second-order valence-electron chi connectivity index (χ2n) is 4.21. The van der Waals surface area contributed by atoms with Crippen molar-refractivity contribution in [2.75, 3.05) is 13.1 Å². The van der Waals surface area contributed by atoms with E-state index in [9.17, 15) is 10.1 Å². The Morgan fingerprint density at radius 1 is 1.39 bits per heavy atom. The maximum atomic E-state index is 12.2. The van der Waals surface area contributed by atoms with E-state index >= 15 is 0 Å². The zero-order chi connectivity index (χ0) is 13.0. The van der Waals surface area contributed by atoms with Crippen molar-refractivity contribution >= 4 is 17.5 Å². The molecule has 1 atom stereocenters. The number of likely N-dealkylation sites (tertiary alicyclic amines) is 1. The number of carbonyl (C=O) groups excluding carboxylic acids is 1. The first-order valence-electron chi connectivity index (χ1n) is 5.88. The molecular weight excluding hydrogens is 252 g/mol. The summed E-state index contributed by atoms with van der Waals surface area (Å²) in [5.74, 6) is -1.07. The molecule has 0 aliphatic carbocycles. The van der Waals surface area contributed by atoms with E-state index < -0.39 is 5.92 Å². The van der Waals surface area contributed by atoms with Crippen LogP contribution in [0.2, 0.25) is 5.15 Å². The Morgan fingerprint density at radius 3 is 2.72 bits per heavy atom. The molecule has 1 aliphatic heterocycles. The zero-order valence-electron chi connectivity index (χ0n) is 9.84. The first kappa shape index (κ1) is 12.8. The zero-order valence-corrected chi connectivity index (χ0v) is 10.6. The van der Waals surface area contributed by atoms with Gasteiger partial charge in [-0.05, 0) is 25.3 Å². The molecule has 1 fully saturated rings. The van der Waals surface area contributed by atoms with Gasteiger partial charge in [0.15, 0.2) is 5.92 Å². The molecule has 2 heterocycles. The van der Waals surface area contributed by atoms with Crippen LogP contribution in [0.1, 0.15) is 30.9 Å². The monoisotopic (exact) mass is 264 g/mol. The van der Waals surface area contributed by atoms with Crippen LogP contribution in [-0.2, 0) is 4.79 Å². The minimum Gasteiger partial charge on any atom is -0.341 e. The summed E-state index contributed by atoms with van der Waals surface area (Å²) in [4.78, 5) is 21.7. The van der Waals surface area contributed by atoms with Crippen LogP contribution in [0.3, 0.4) is 0 Å². The molecule has 1 aliphatic rings. The molecule has 1 saturated heterocycles. The summed E-state index contributed by atoms with van der Waals surface area (Å²) in [6, 6.07) is 3.47. The standard InChI is InChI=1S/C12H13ClN4O/c13-11-6-10(15-8-16-11)9(7-14)12(18)17-4-2-1-3-5-17/h6,8-9H,1-5H2/t9-/m0/s1. The van der Waals surface area contributed by atoms with Crippen LogP contribution >= 0.6 is 11.6 Å². The minimum atomic E-state index is -0.886. The van der Waals surface area contributed by atoms with E-state index in [-0.39, 0.29) is 11.1 Å². The van der Waals surface area contributed by atoms with Gasteiger partial charge in [-0.2, -0.15) is 5.26 Å². The van der Waals surface area contributed by atoms with Crippen molar-refractivity contribution in [1.82, 2.24) is 14.9 Å². The molecule has 2 rings (SSSR count). The minimum absolute atomic E-state index is 0.188. The van der Waals surface area contributed by atoms with Gasteiger partial charge in [-0.1, -0.05) is 11.6 Å². The molecule has 0 spiro atoms. The Balaban J connectivity index is 2.18. The van der Waals surface area contributed by atoms with E-state index in [1.807, 2.05) is 6.07 Å². The van der Waals surface area contributed by atoms with Crippen molar-refractivity contribution in [3.63, 3.8) is 0 Å². The number of hydrogen-bond donors (Lipinski definition) is 0. The number of aromatic nitrogens is 2.